The molecule has 0 N–H and O–H groups in total. The number of hydrogen-bond acceptors (Lipinski definition) is 4. The highest BCUT2D eigenvalue weighted by Crippen LogP contribution is 2.61. The molecule has 29 heavy (non-hydrogen) atoms. The maximum atomic E-state index is 12.0. The van der Waals surface area contributed by atoms with Gasteiger partial charge in [0.25, 0.3) is 0 Å². The van der Waals surface area contributed by atoms with Gasteiger partial charge in [0, 0.05) is 12.8 Å². The molecule has 0 amide bonds. The fourth-order valence-electron chi connectivity index (χ4n) is 4.21. The van der Waals surface area contributed by atoms with Crippen LogP contribution in [0.15, 0.2) is 0 Å². The van der Waals surface area contributed by atoms with Crippen molar-refractivity contribution in [2.24, 2.45) is 0 Å². The first-order valence-electron chi connectivity index (χ1n) is 12.0. The Balaban J connectivity index is 2.67. The van der Waals surface area contributed by atoms with E-state index in [4.69, 9.17) is 14.2 Å². The molecule has 0 aromatic rings. The highest BCUT2D eigenvalue weighted by molar-refractivity contribution is 7.76. The third-order valence-electron chi connectivity index (χ3n) is 5.86. The molecule has 1 heterocycles. The van der Waals surface area contributed by atoms with Crippen LogP contribution in [0.2, 0.25) is 0 Å². The molecule has 0 bridgehead atoms. The number of ether oxygens (including phenoxy) is 3. The molecule has 0 atom stereocenters. The average molecular weight is 431 g/mol. The molecule has 0 saturated carbocycles. The lowest BCUT2D eigenvalue weighted by atomic mass is 10.1. The minimum Gasteiger partial charge on any atom is -0.463 e. The summed E-state index contributed by atoms with van der Waals surface area (Å²) in [5.41, 5.74) is 0. The minimum absolute atomic E-state index is 0.0683. The van der Waals surface area contributed by atoms with Crippen molar-refractivity contribution in [1.82, 2.24) is 0 Å². The quantitative estimate of drug-likeness (QED) is 0.151. The lowest BCUT2D eigenvalue weighted by molar-refractivity contribution is -0.175. The summed E-state index contributed by atoms with van der Waals surface area (Å²) in [6, 6.07) is 0. The molecular weight excluding hydrogens is 383 g/mol. The fraction of sp³-hybridized carbons (Fsp3) is 0.917. The molecule has 1 rings (SSSR count). The number of unbranched alkanes of at least 4 members (excludes halogenated alkanes) is 3. The lowest BCUT2D eigenvalue weighted by Crippen LogP contribution is -2.32. The van der Waals surface area contributed by atoms with E-state index < -0.39 is 13.0 Å². The monoisotopic (exact) mass is 430 g/mol. The second-order valence-corrected chi connectivity index (χ2v) is 13.2. The van der Waals surface area contributed by atoms with Crippen molar-refractivity contribution < 1.29 is 19.0 Å². The van der Waals surface area contributed by atoms with Gasteiger partial charge in [0.15, 0.2) is 5.79 Å². The maximum Gasteiger partial charge on any atom is 0.306 e. The predicted octanol–water partition coefficient (Wildman–Crippen LogP) is 6.47. The molecule has 0 aliphatic carbocycles. The molecule has 172 valence electrons. The van der Waals surface area contributed by atoms with E-state index in [2.05, 4.69) is 27.2 Å². The Bertz CT molecular complexity index is 411. The number of carbonyl (C=O) groups is 1. The SMILES string of the molecule is CC[CH-]C[P+](CCCC)(CCCC)CCCC1(CCC(=O)OC(C)C)OCCO1. The van der Waals surface area contributed by atoms with E-state index in [0.29, 0.717) is 26.1 Å². The number of rotatable bonds is 17. The zero-order chi connectivity index (χ0) is 21.6. The van der Waals surface area contributed by atoms with Crippen molar-refractivity contribution in [2.45, 2.75) is 104 Å². The van der Waals surface area contributed by atoms with Gasteiger partial charge in [-0.3, -0.25) is 11.2 Å². The van der Waals surface area contributed by atoms with Gasteiger partial charge >= 0.3 is 5.97 Å². The molecule has 1 aliphatic rings. The number of carbonyl (C=O) groups excluding carboxylic acids is 1. The summed E-state index contributed by atoms with van der Waals surface area (Å²) in [7, 11) is -0.948. The van der Waals surface area contributed by atoms with E-state index in [0.717, 1.165) is 12.8 Å². The van der Waals surface area contributed by atoms with Gasteiger partial charge in [-0.1, -0.05) is 39.8 Å². The first kappa shape index (κ1) is 26.9. The van der Waals surface area contributed by atoms with Crippen molar-refractivity contribution >= 4 is 13.2 Å². The third kappa shape index (κ3) is 10.6. The Morgan fingerprint density at radius 2 is 1.59 bits per heavy atom. The van der Waals surface area contributed by atoms with Crippen LogP contribution in [-0.2, 0) is 19.0 Å². The van der Waals surface area contributed by atoms with Gasteiger partial charge in [-0.15, -0.1) is 0 Å². The summed E-state index contributed by atoms with van der Waals surface area (Å²) in [5, 5.41) is 0. The normalized spacial score (nSPS) is 16.5. The Labute approximate surface area is 181 Å². The molecule has 4 nitrogen and oxygen atoms in total. The summed E-state index contributed by atoms with van der Waals surface area (Å²) >= 11 is 0. The Morgan fingerprint density at radius 3 is 2.10 bits per heavy atom. The van der Waals surface area contributed by atoms with Gasteiger partial charge in [0.05, 0.1) is 44.2 Å². The van der Waals surface area contributed by atoms with Gasteiger partial charge in [-0.2, -0.15) is 6.42 Å². The highest BCUT2D eigenvalue weighted by Gasteiger charge is 2.39. The van der Waals surface area contributed by atoms with Crippen molar-refractivity contribution in [3.05, 3.63) is 6.42 Å². The summed E-state index contributed by atoms with van der Waals surface area (Å²) in [6.07, 6.45) is 17.4. The zero-order valence-electron chi connectivity index (χ0n) is 19.8. The van der Waals surface area contributed by atoms with Gasteiger partial charge in [-0.05, 0) is 40.4 Å². The van der Waals surface area contributed by atoms with Gasteiger partial charge < -0.3 is 14.2 Å². The zero-order valence-corrected chi connectivity index (χ0v) is 20.7. The van der Waals surface area contributed by atoms with E-state index in [1.807, 2.05) is 13.8 Å². The van der Waals surface area contributed by atoms with Crippen LogP contribution in [-0.4, -0.2) is 55.7 Å². The summed E-state index contributed by atoms with van der Waals surface area (Å²) in [5.74, 6) is -0.723. The minimum atomic E-state index is -0.948. The smallest absolute Gasteiger partial charge is 0.306 e. The van der Waals surface area contributed by atoms with E-state index in [9.17, 15) is 4.79 Å². The Morgan fingerprint density at radius 1 is 1.00 bits per heavy atom. The number of esters is 1. The van der Waals surface area contributed by atoms with Crippen LogP contribution in [0.3, 0.4) is 0 Å². The Hall–Kier alpha value is -0.180. The summed E-state index contributed by atoms with van der Waals surface area (Å²) in [6.45, 7) is 11.9. The lowest BCUT2D eigenvalue weighted by Gasteiger charge is -2.34. The van der Waals surface area contributed by atoms with E-state index in [1.54, 1.807) is 0 Å². The molecule has 0 aromatic heterocycles. The average Bonchev–Trinajstić information content (AvgIpc) is 3.16. The summed E-state index contributed by atoms with van der Waals surface area (Å²) < 4.78 is 17.4. The highest BCUT2D eigenvalue weighted by atomic mass is 31.2. The molecule has 1 saturated heterocycles. The molecule has 0 spiro atoms. The van der Waals surface area contributed by atoms with E-state index in [1.165, 1.54) is 56.8 Å². The molecular formula is C24H47O4P. The van der Waals surface area contributed by atoms with E-state index >= 15 is 0 Å². The Kier molecular flexibility index (Phi) is 13.7. The van der Waals surface area contributed by atoms with Crippen LogP contribution in [0.4, 0.5) is 0 Å². The van der Waals surface area contributed by atoms with Crippen LogP contribution in [0.25, 0.3) is 0 Å². The molecule has 0 unspecified atom stereocenters. The van der Waals surface area contributed by atoms with Gasteiger partial charge in [0.1, 0.15) is 0 Å². The largest absolute Gasteiger partial charge is 0.463 e. The van der Waals surface area contributed by atoms with Crippen molar-refractivity contribution in [2.75, 3.05) is 37.9 Å². The second-order valence-electron chi connectivity index (χ2n) is 8.85. The standard InChI is InChI=1S/C24H47O4P/c1-6-9-18-29(19-10-7-2,20-11-8-3)21-12-14-24(26-16-17-27-24)15-13-23(25)28-22(4)5/h9,22H,6-8,10-21H2,1-5H3. The third-order valence-corrected chi connectivity index (χ3v) is 10.7. The first-order valence-corrected chi connectivity index (χ1v) is 14.6. The van der Waals surface area contributed by atoms with Crippen LogP contribution >= 0.6 is 7.26 Å². The fourth-order valence-corrected chi connectivity index (χ4v) is 9.04. The van der Waals surface area contributed by atoms with Gasteiger partial charge in [0.2, 0.25) is 0 Å². The van der Waals surface area contributed by atoms with Crippen LogP contribution in [0.5, 0.6) is 0 Å². The molecule has 0 aromatic carbocycles. The predicted molar refractivity (Wildman–Crippen MR) is 125 cm³/mol. The molecule has 5 heteroatoms. The molecule has 1 fully saturated rings. The first-order chi connectivity index (χ1) is 13.9. The van der Waals surface area contributed by atoms with E-state index in [-0.39, 0.29) is 12.1 Å². The topological polar surface area (TPSA) is 44.8 Å². The van der Waals surface area contributed by atoms with Crippen LogP contribution < -0.4 is 0 Å². The van der Waals surface area contributed by atoms with Gasteiger partial charge in [-0.25, -0.2) is 0 Å². The van der Waals surface area contributed by atoms with Crippen molar-refractivity contribution in [3.63, 3.8) is 0 Å². The summed E-state index contributed by atoms with van der Waals surface area (Å²) in [4.78, 5) is 12.0. The van der Waals surface area contributed by atoms with Crippen molar-refractivity contribution in [3.8, 4) is 0 Å². The van der Waals surface area contributed by atoms with Crippen LogP contribution in [0.1, 0.15) is 92.4 Å². The van der Waals surface area contributed by atoms with Crippen LogP contribution in [0, 0.1) is 6.42 Å². The number of hydrogen-bond donors (Lipinski definition) is 0. The maximum absolute atomic E-state index is 12.0. The second kappa shape index (κ2) is 14.8. The van der Waals surface area contributed by atoms with Crippen molar-refractivity contribution in [1.29, 1.82) is 0 Å². The molecule has 1 aliphatic heterocycles. The molecule has 0 radical (unpaired) electrons.